The number of aromatic nitrogens is 4. The van der Waals surface area contributed by atoms with E-state index in [0.717, 1.165) is 47.8 Å². The Balaban J connectivity index is 1.16. The van der Waals surface area contributed by atoms with Crippen LogP contribution in [0.4, 0.5) is 0 Å². The van der Waals surface area contributed by atoms with Crippen LogP contribution < -0.4 is 11.3 Å². The molecule has 1 aliphatic rings. The van der Waals surface area contributed by atoms with Gasteiger partial charge in [0.25, 0.3) is 5.56 Å². The SMILES string of the molecule is Cc1cc(-c2ccco2)cc(C)c1CN1CCC(O)(Cn2cnc3c(-c4ccc(CN)cc4)n(C)nc3c2=O)CC1. The second-order valence-corrected chi connectivity index (χ2v) is 11.3. The van der Waals surface area contributed by atoms with E-state index in [1.807, 2.05) is 43.4 Å². The van der Waals surface area contributed by atoms with E-state index in [-0.39, 0.29) is 12.1 Å². The smallest absolute Gasteiger partial charge is 0.281 e. The molecule has 3 N–H and O–H groups in total. The molecule has 1 aliphatic heterocycles. The molecule has 6 rings (SSSR count). The van der Waals surface area contributed by atoms with Crippen molar-refractivity contribution < 1.29 is 9.52 Å². The van der Waals surface area contributed by atoms with Gasteiger partial charge in [-0.1, -0.05) is 24.3 Å². The normalized spacial score (nSPS) is 15.5. The standard InChI is InChI=1S/C32H36N6O3/c1-21-15-25(27-5-4-14-41-27)16-22(2)26(21)18-37-12-10-32(40,11-13-37)19-38-20-34-28-29(31(38)39)35-36(3)30(28)24-8-6-23(17-33)7-9-24/h4-9,14-16,20,40H,10-13,17-19,33H2,1-3H3. The van der Waals surface area contributed by atoms with Crippen molar-refractivity contribution in [3.63, 3.8) is 0 Å². The molecule has 3 aromatic heterocycles. The van der Waals surface area contributed by atoms with E-state index in [4.69, 9.17) is 10.2 Å². The first-order valence-electron chi connectivity index (χ1n) is 14.0. The molecule has 9 nitrogen and oxygen atoms in total. The van der Waals surface area contributed by atoms with Crippen LogP contribution >= 0.6 is 0 Å². The summed E-state index contributed by atoms with van der Waals surface area (Å²) in [5, 5.41) is 16.0. The molecule has 212 valence electrons. The van der Waals surface area contributed by atoms with E-state index in [2.05, 4.69) is 41.0 Å². The predicted octanol–water partition coefficient (Wildman–Crippen LogP) is 4.16. The Kier molecular flexibility index (Phi) is 7.11. The van der Waals surface area contributed by atoms with E-state index in [1.54, 1.807) is 17.3 Å². The minimum absolute atomic E-state index is 0.190. The van der Waals surface area contributed by atoms with Crippen LogP contribution in [0.3, 0.4) is 0 Å². The highest BCUT2D eigenvalue weighted by Crippen LogP contribution is 2.30. The molecule has 0 unspecified atom stereocenters. The second-order valence-electron chi connectivity index (χ2n) is 11.3. The van der Waals surface area contributed by atoms with Crippen LogP contribution in [0.25, 0.3) is 33.6 Å². The Hall–Kier alpha value is -4.05. The molecule has 2 aromatic carbocycles. The summed E-state index contributed by atoms with van der Waals surface area (Å²) in [6, 6.07) is 16.1. The van der Waals surface area contributed by atoms with Crippen molar-refractivity contribution in [2.24, 2.45) is 12.8 Å². The Morgan fingerprint density at radius 2 is 1.73 bits per heavy atom. The first kappa shape index (κ1) is 27.1. The number of hydrogen-bond acceptors (Lipinski definition) is 7. The van der Waals surface area contributed by atoms with Crippen LogP contribution in [-0.2, 0) is 26.7 Å². The van der Waals surface area contributed by atoms with Gasteiger partial charge in [0.2, 0.25) is 0 Å². The summed E-state index contributed by atoms with van der Waals surface area (Å²) in [4.78, 5) is 20.4. The third-order valence-electron chi connectivity index (χ3n) is 8.41. The highest BCUT2D eigenvalue weighted by Gasteiger charge is 2.34. The Bertz CT molecular complexity index is 1720. The van der Waals surface area contributed by atoms with Crippen LogP contribution in [0.15, 0.2) is 70.3 Å². The van der Waals surface area contributed by atoms with Crippen LogP contribution in [0.1, 0.15) is 35.1 Å². The number of rotatable bonds is 7. The molecule has 0 aliphatic carbocycles. The zero-order valence-corrected chi connectivity index (χ0v) is 23.8. The summed E-state index contributed by atoms with van der Waals surface area (Å²) >= 11 is 0. The van der Waals surface area contributed by atoms with Gasteiger partial charge >= 0.3 is 0 Å². The molecular weight excluding hydrogens is 516 g/mol. The van der Waals surface area contributed by atoms with E-state index in [0.29, 0.717) is 30.4 Å². The molecule has 1 fully saturated rings. The summed E-state index contributed by atoms with van der Waals surface area (Å²) in [6.07, 6.45) is 4.38. The number of nitrogens with zero attached hydrogens (tertiary/aromatic N) is 5. The van der Waals surface area contributed by atoms with E-state index in [1.165, 1.54) is 21.3 Å². The highest BCUT2D eigenvalue weighted by atomic mass is 16.3. The quantitative estimate of drug-likeness (QED) is 0.312. The van der Waals surface area contributed by atoms with Crippen LogP contribution in [0, 0.1) is 13.8 Å². The van der Waals surface area contributed by atoms with Crippen LogP contribution in [0.5, 0.6) is 0 Å². The Morgan fingerprint density at radius 3 is 2.37 bits per heavy atom. The van der Waals surface area contributed by atoms with E-state index < -0.39 is 5.60 Å². The lowest BCUT2D eigenvalue weighted by atomic mass is 9.90. The molecule has 0 saturated carbocycles. The van der Waals surface area contributed by atoms with Crippen molar-refractivity contribution in [3.8, 4) is 22.6 Å². The van der Waals surface area contributed by atoms with Gasteiger partial charge in [0.05, 0.1) is 30.4 Å². The number of piperidine rings is 1. The molecule has 0 atom stereocenters. The summed E-state index contributed by atoms with van der Waals surface area (Å²) in [7, 11) is 1.81. The van der Waals surface area contributed by atoms with Gasteiger partial charge in [0.1, 0.15) is 11.3 Å². The van der Waals surface area contributed by atoms with Crippen molar-refractivity contribution >= 4 is 11.0 Å². The number of fused-ring (bicyclic) bond motifs is 1. The lowest BCUT2D eigenvalue weighted by molar-refractivity contribution is -0.0365. The maximum atomic E-state index is 13.4. The minimum atomic E-state index is -0.988. The van der Waals surface area contributed by atoms with Gasteiger partial charge < -0.3 is 15.3 Å². The third-order valence-corrected chi connectivity index (χ3v) is 8.41. The monoisotopic (exact) mass is 552 g/mol. The molecule has 9 heteroatoms. The minimum Gasteiger partial charge on any atom is -0.464 e. The summed E-state index contributed by atoms with van der Waals surface area (Å²) in [5.41, 5.74) is 12.9. The summed E-state index contributed by atoms with van der Waals surface area (Å²) < 4.78 is 8.78. The maximum Gasteiger partial charge on any atom is 0.281 e. The lowest BCUT2D eigenvalue weighted by Gasteiger charge is -2.38. The average Bonchev–Trinajstić information content (AvgIpc) is 3.62. The molecule has 4 heterocycles. The van der Waals surface area contributed by atoms with Gasteiger partial charge in [0.15, 0.2) is 5.52 Å². The zero-order valence-electron chi connectivity index (χ0n) is 23.8. The largest absolute Gasteiger partial charge is 0.464 e. The number of furan rings is 1. The third kappa shape index (κ3) is 5.24. The van der Waals surface area contributed by atoms with Gasteiger partial charge in [-0.3, -0.25) is 18.9 Å². The molecule has 0 amide bonds. The van der Waals surface area contributed by atoms with Gasteiger partial charge in [-0.05, 0) is 73.2 Å². The first-order valence-corrected chi connectivity index (χ1v) is 14.0. The number of aryl methyl sites for hydroxylation is 3. The predicted molar refractivity (Wildman–Crippen MR) is 159 cm³/mol. The summed E-state index contributed by atoms with van der Waals surface area (Å²) in [5.74, 6) is 0.872. The fourth-order valence-corrected chi connectivity index (χ4v) is 5.98. The van der Waals surface area contributed by atoms with E-state index in [9.17, 15) is 9.90 Å². The van der Waals surface area contributed by atoms with Crippen LogP contribution in [0.2, 0.25) is 0 Å². The topological polar surface area (TPSA) is 115 Å². The average molecular weight is 553 g/mol. The molecular formula is C32H36N6O3. The highest BCUT2D eigenvalue weighted by molar-refractivity contribution is 5.89. The van der Waals surface area contributed by atoms with Gasteiger partial charge in [-0.15, -0.1) is 0 Å². The van der Waals surface area contributed by atoms with Crippen molar-refractivity contribution in [3.05, 3.63) is 93.7 Å². The first-order chi connectivity index (χ1) is 19.7. The van der Waals surface area contributed by atoms with Crippen molar-refractivity contribution in [2.75, 3.05) is 13.1 Å². The van der Waals surface area contributed by atoms with Crippen molar-refractivity contribution in [1.29, 1.82) is 0 Å². The van der Waals surface area contributed by atoms with Gasteiger partial charge in [0, 0.05) is 44.4 Å². The maximum absolute atomic E-state index is 13.4. The van der Waals surface area contributed by atoms with Crippen molar-refractivity contribution in [2.45, 2.75) is 51.9 Å². The molecule has 0 radical (unpaired) electrons. The van der Waals surface area contributed by atoms with Gasteiger partial charge in [-0.25, -0.2) is 4.98 Å². The number of benzene rings is 2. The Labute approximate surface area is 238 Å². The lowest BCUT2D eigenvalue weighted by Crippen LogP contribution is -2.47. The number of likely N-dealkylation sites (tertiary alicyclic amines) is 1. The fourth-order valence-electron chi connectivity index (χ4n) is 5.98. The summed E-state index contributed by atoms with van der Waals surface area (Å²) in [6.45, 7) is 7.25. The molecule has 0 spiro atoms. The second kappa shape index (κ2) is 10.7. The Morgan fingerprint density at radius 1 is 1.02 bits per heavy atom. The molecule has 41 heavy (non-hydrogen) atoms. The fraction of sp³-hybridized carbons (Fsp3) is 0.344. The number of nitrogens with two attached hydrogens (primary N) is 1. The zero-order chi connectivity index (χ0) is 28.7. The van der Waals surface area contributed by atoms with Crippen molar-refractivity contribution in [1.82, 2.24) is 24.2 Å². The van der Waals surface area contributed by atoms with Gasteiger partial charge in [-0.2, -0.15) is 5.10 Å². The van der Waals surface area contributed by atoms with E-state index >= 15 is 0 Å². The number of aliphatic hydroxyl groups is 1. The molecule has 5 aromatic rings. The molecule has 1 saturated heterocycles. The molecule has 0 bridgehead atoms. The van der Waals surface area contributed by atoms with Crippen LogP contribution in [-0.4, -0.2) is 48.0 Å². The number of hydrogen-bond donors (Lipinski definition) is 2.